The zero-order valence-electron chi connectivity index (χ0n) is 18.2. The number of thioether (sulfide) groups is 1. The number of aromatic nitrogens is 2. The van der Waals surface area contributed by atoms with E-state index in [2.05, 4.69) is 10.3 Å². The largest absolute Gasteiger partial charge is 0.486 e. The molecule has 0 saturated heterocycles. The molecule has 1 amide bonds. The number of hydrogen-bond acceptors (Lipinski definition) is 7. The van der Waals surface area contributed by atoms with Crippen LogP contribution in [0.5, 0.6) is 11.5 Å². The first-order valence-electron chi connectivity index (χ1n) is 10.4. The van der Waals surface area contributed by atoms with Gasteiger partial charge in [-0.2, -0.15) is 0 Å². The quantitative estimate of drug-likeness (QED) is 0.431. The van der Waals surface area contributed by atoms with Gasteiger partial charge in [0, 0.05) is 18.9 Å². The van der Waals surface area contributed by atoms with Gasteiger partial charge in [-0.25, -0.2) is 4.98 Å². The number of ether oxygens (including phenoxy) is 3. The number of amides is 1. The SMILES string of the molecule is COCC(C)n1c(SC(C)C(=O)Nc2ccc3c(c2)OCCO3)nc2ccccc2c1=O. The maximum Gasteiger partial charge on any atom is 0.262 e. The lowest BCUT2D eigenvalue weighted by molar-refractivity contribution is -0.115. The van der Waals surface area contributed by atoms with Crippen LogP contribution >= 0.6 is 11.8 Å². The second-order valence-corrected chi connectivity index (χ2v) is 8.81. The fourth-order valence-electron chi connectivity index (χ4n) is 3.49. The minimum absolute atomic E-state index is 0.151. The van der Waals surface area contributed by atoms with Crippen molar-refractivity contribution in [1.29, 1.82) is 0 Å². The van der Waals surface area contributed by atoms with Gasteiger partial charge in [0.1, 0.15) is 13.2 Å². The van der Waals surface area contributed by atoms with Crippen LogP contribution in [0, 0.1) is 0 Å². The van der Waals surface area contributed by atoms with Crippen molar-refractivity contribution in [1.82, 2.24) is 9.55 Å². The normalized spacial score (nSPS) is 14.7. The molecular formula is C23H25N3O5S. The number of carbonyl (C=O) groups is 1. The lowest BCUT2D eigenvalue weighted by Crippen LogP contribution is -2.30. The molecule has 2 aromatic carbocycles. The standard InChI is InChI=1S/C23H25N3O5S/c1-14(13-29-3)26-22(28)17-6-4-5-7-18(17)25-23(26)32-15(2)21(27)24-16-8-9-19-20(12-16)31-11-10-30-19/h4-9,12,14-15H,10-11,13H2,1-3H3,(H,24,27). The average Bonchev–Trinajstić information content (AvgIpc) is 2.79. The minimum Gasteiger partial charge on any atom is -0.486 e. The van der Waals surface area contributed by atoms with Gasteiger partial charge in [0.25, 0.3) is 5.56 Å². The molecule has 0 saturated carbocycles. The Morgan fingerprint density at radius 1 is 1.19 bits per heavy atom. The first-order chi connectivity index (χ1) is 15.5. The maximum atomic E-state index is 13.2. The summed E-state index contributed by atoms with van der Waals surface area (Å²) in [5.41, 5.74) is 1.06. The van der Waals surface area contributed by atoms with E-state index in [1.54, 1.807) is 48.9 Å². The number of anilines is 1. The second kappa shape index (κ2) is 9.62. The highest BCUT2D eigenvalue weighted by Crippen LogP contribution is 2.33. The molecule has 1 aliphatic rings. The van der Waals surface area contributed by atoms with Gasteiger partial charge >= 0.3 is 0 Å². The third-order valence-corrected chi connectivity index (χ3v) is 6.15. The van der Waals surface area contributed by atoms with E-state index >= 15 is 0 Å². The molecule has 0 bridgehead atoms. The van der Waals surface area contributed by atoms with Gasteiger partial charge in [0.2, 0.25) is 5.91 Å². The fraction of sp³-hybridized carbons (Fsp3) is 0.348. The van der Waals surface area contributed by atoms with E-state index in [4.69, 9.17) is 14.2 Å². The van der Waals surface area contributed by atoms with Gasteiger partial charge in [-0.05, 0) is 38.1 Å². The summed E-state index contributed by atoms with van der Waals surface area (Å²) in [7, 11) is 1.59. The number of rotatable bonds is 7. The number of benzene rings is 2. The topological polar surface area (TPSA) is 91.7 Å². The van der Waals surface area contributed by atoms with E-state index in [1.807, 2.05) is 19.1 Å². The number of hydrogen-bond donors (Lipinski definition) is 1. The molecule has 32 heavy (non-hydrogen) atoms. The van der Waals surface area contributed by atoms with Gasteiger partial charge in [-0.1, -0.05) is 23.9 Å². The summed E-state index contributed by atoms with van der Waals surface area (Å²) in [4.78, 5) is 30.7. The van der Waals surface area contributed by atoms with Crippen molar-refractivity contribution in [2.24, 2.45) is 0 Å². The summed E-state index contributed by atoms with van der Waals surface area (Å²) in [6.07, 6.45) is 0. The first kappa shape index (κ1) is 22.2. The molecule has 168 valence electrons. The summed E-state index contributed by atoms with van der Waals surface area (Å²) in [5.74, 6) is 1.06. The van der Waals surface area contributed by atoms with E-state index in [0.29, 0.717) is 53.1 Å². The summed E-state index contributed by atoms with van der Waals surface area (Å²) in [6.45, 7) is 5.01. The zero-order valence-corrected chi connectivity index (χ0v) is 19.0. The van der Waals surface area contributed by atoms with E-state index in [0.717, 1.165) is 0 Å². The van der Waals surface area contributed by atoms with Crippen molar-refractivity contribution >= 4 is 34.3 Å². The Hall–Kier alpha value is -3.04. The highest BCUT2D eigenvalue weighted by atomic mass is 32.2. The summed E-state index contributed by atoms with van der Waals surface area (Å²) in [5, 5.41) is 3.41. The molecule has 2 atom stereocenters. The van der Waals surface area contributed by atoms with E-state index in [1.165, 1.54) is 11.8 Å². The number of methoxy groups -OCH3 is 1. The second-order valence-electron chi connectivity index (χ2n) is 7.50. The third kappa shape index (κ3) is 4.58. The van der Waals surface area contributed by atoms with Crippen LogP contribution in [0.2, 0.25) is 0 Å². The van der Waals surface area contributed by atoms with E-state index < -0.39 is 5.25 Å². The number of carbonyl (C=O) groups excluding carboxylic acids is 1. The molecule has 4 rings (SSSR count). The lowest BCUT2D eigenvalue weighted by Gasteiger charge is -2.21. The Bertz CT molecular complexity index is 1200. The molecule has 1 aromatic heterocycles. The maximum absolute atomic E-state index is 13.2. The van der Waals surface area contributed by atoms with Crippen LogP contribution in [-0.2, 0) is 9.53 Å². The highest BCUT2D eigenvalue weighted by molar-refractivity contribution is 8.00. The first-order valence-corrected chi connectivity index (χ1v) is 11.2. The van der Waals surface area contributed by atoms with Crippen molar-refractivity contribution < 1.29 is 19.0 Å². The summed E-state index contributed by atoms with van der Waals surface area (Å²) in [6, 6.07) is 12.3. The van der Waals surface area contributed by atoms with Gasteiger partial charge < -0.3 is 19.5 Å². The van der Waals surface area contributed by atoms with Crippen LogP contribution < -0.4 is 20.3 Å². The van der Waals surface area contributed by atoms with Gasteiger partial charge in [-0.3, -0.25) is 14.2 Å². The summed E-state index contributed by atoms with van der Waals surface area (Å²) < 4.78 is 18.0. The van der Waals surface area contributed by atoms with Gasteiger partial charge in [-0.15, -0.1) is 0 Å². The monoisotopic (exact) mass is 455 g/mol. The van der Waals surface area contributed by atoms with Crippen molar-refractivity contribution in [2.45, 2.75) is 30.3 Å². The Morgan fingerprint density at radius 3 is 2.72 bits per heavy atom. The molecule has 8 nitrogen and oxygen atoms in total. The molecule has 1 aliphatic heterocycles. The van der Waals surface area contributed by atoms with E-state index in [9.17, 15) is 9.59 Å². The molecule has 0 radical (unpaired) electrons. The minimum atomic E-state index is -0.503. The summed E-state index contributed by atoms with van der Waals surface area (Å²) >= 11 is 1.24. The fourth-order valence-corrected chi connectivity index (χ4v) is 4.50. The number of nitrogens with zero attached hydrogens (tertiary/aromatic N) is 2. The Labute approximate surface area is 189 Å². The molecule has 0 fully saturated rings. The van der Waals surface area contributed by atoms with Crippen LogP contribution in [0.15, 0.2) is 52.4 Å². The van der Waals surface area contributed by atoms with Crippen molar-refractivity contribution in [3.8, 4) is 11.5 Å². The number of fused-ring (bicyclic) bond motifs is 2. The van der Waals surface area contributed by atoms with Crippen molar-refractivity contribution in [3.63, 3.8) is 0 Å². The van der Waals surface area contributed by atoms with Crippen LogP contribution in [0.1, 0.15) is 19.9 Å². The molecular weight excluding hydrogens is 430 g/mol. The zero-order chi connectivity index (χ0) is 22.7. The number of nitrogens with one attached hydrogen (secondary N) is 1. The van der Waals surface area contributed by atoms with Crippen molar-refractivity contribution in [3.05, 3.63) is 52.8 Å². The average molecular weight is 456 g/mol. The van der Waals surface area contributed by atoms with Crippen LogP contribution in [-0.4, -0.2) is 47.6 Å². The predicted octanol–water partition coefficient (Wildman–Crippen LogP) is 3.49. The molecule has 0 aliphatic carbocycles. The van der Waals surface area contributed by atoms with Gasteiger partial charge in [0.05, 0.1) is 28.8 Å². The Balaban J connectivity index is 1.58. The molecule has 3 aromatic rings. The van der Waals surface area contributed by atoms with Crippen LogP contribution in [0.3, 0.4) is 0 Å². The van der Waals surface area contributed by atoms with Crippen LogP contribution in [0.4, 0.5) is 5.69 Å². The van der Waals surface area contributed by atoms with Gasteiger partial charge in [0.15, 0.2) is 16.7 Å². The Morgan fingerprint density at radius 2 is 1.94 bits per heavy atom. The number of para-hydroxylation sites is 1. The third-order valence-electron chi connectivity index (χ3n) is 5.09. The van der Waals surface area contributed by atoms with Crippen molar-refractivity contribution in [2.75, 3.05) is 32.2 Å². The lowest BCUT2D eigenvalue weighted by atomic mass is 10.2. The molecule has 2 unspecified atom stereocenters. The smallest absolute Gasteiger partial charge is 0.262 e. The van der Waals surface area contributed by atoms with E-state index in [-0.39, 0.29) is 17.5 Å². The Kier molecular flexibility index (Phi) is 6.66. The molecule has 0 spiro atoms. The molecule has 9 heteroatoms. The molecule has 1 N–H and O–H groups in total. The predicted molar refractivity (Wildman–Crippen MR) is 124 cm³/mol. The van der Waals surface area contributed by atoms with Crippen LogP contribution in [0.25, 0.3) is 10.9 Å². The highest BCUT2D eigenvalue weighted by Gasteiger charge is 2.22. The molecule has 2 heterocycles.